The first-order valence-corrected chi connectivity index (χ1v) is 9.41. The van der Waals surface area contributed by atoms with Gasteiger partial charge in [0.25, 0.3) is 0 Å². The largest absolute Gasteiger partial charge is 0.357 e. The summed E-state index contributed by atoms with van der Waals surface area (Å²) in [6.45, 7) is 12.0. The lowest BCUT2D eigenvalue weighted by Gasteiger charge is -2.35. The third-order valence-corrected chi connectivity index (χ3v) is 4.67. The molecule has 1 aromatic rings. The number of aryl methyl sites for hydroxylation is 1. The van der Waals surface area contributed by atoms with E-state index < -0.39 is 0 Å². The van der Waals surface area contributed by atoms with E-state index >= 15 is 0 Å². The molecule has 0 bridgehead atoms. The molecule has 0 saturated carbocycles. The smallest absolute Gasteiger partial charge is 0.191 e. The molecule has 1 atom stereocenters. The molecule has 1 aliphatic heterocycles. The van der Waals surface area contributed by atoms with E-state index in [2.05, 4.69) is 51.5 Å². The normalized spacial score (nSPS) is 18.7. The molecule has 2 N–H and O–H groups in total. The number of aliphatic imine (C=N–C) groups is 1. The Bertz CT molecular complexity index is 503. The Morgan fingerprint density at radius 3 is 2.84 bits per heavy atom. The van der Waals surface area contributed by atoms with Gasteiger partial charge in [0.05, 0.1) is 0 Å². The highest BCUT2D eigenvalue weighted by atomic mass is 127. The van der Waals surface area contributed by atoms with E-state index in [1.807, 2.05) is 4.57 Å². The van der Waals surface area contributed by atoms with Crippen molar-refractivity contribution in [3.8, 4) is 0 Å². The van der Waals surface area contributed by atoms with Gasteiger partial charge in [-0.3, -0.25) is 4.90 Å². The van der Waals surface area contributed by atoms with E-state index in [1.54, 1.807) is 6.33 Å². The van der Waals surface area contributed by atoms with Gasteiger partial charge >= 0.3 is 0 Å². The second-order valence-electron chi connectivity index (χ2n) is 6.25. The number of rotatable bonds is 8. The maximum Gasteiger partial charge on any atom is 0.191 e. The SMILES string of the molecule is CCNC(=NCc1nncn1CC)NCCN1CCCCC1CC.I. The number of halogens is 1. The van der Waals surface area contributed by atoms with Gasteiger partial charge in [-0.25, -0.2) is 4.99 Å². The lowest BCUT2D eigenvalue weighted by molar-refractivity contribution is 0.147. The van der Waals surface area contributed by atoms with Crippen LogP contribution in [-0.2, 0) is 13.1 Å². The third kappa shape index (κ3) is 7.08. The standard InChI is InChI=1S/C17H33N7.HI/c1-4-15-9-7-8-11-24(15)12-10-19-17(18-5-2)20-13-16-22-21-14-23(16)6-3;/h14-15H,4-13H2,1-3H3,(H2,18,19,20);1H. The van der Waals surface area contributed by atoms with Crippen LogP contribution in [0.5, 0.6) is 0 Å². The topological polar surface area (TPSA) is 70.4 Å². The average molecular weight is 463 g/mol. The summed E-state index contributed by atoms with van der Waals surface area (Å²) in [5, 5.41) is 14.9. The molecule has 1 aromatic heterocycles. The molecule has 0 aliphatic carbocycles. The Balaban J connectivity index is 0.00000312. The van der Waals surface area contributed by atoms with Gasteiger partial charge in [-0.1, -0.05) is 13.3 Å². The number of likely N-dealkylation sites (tertiary alicyclic amines) is 1. The number of guanidine groups is 1. The van der Waals surface area contributed by atoms with E-state index in [1.165, 1.54) is 32.2 Å². The van der Waals surface area contributed by atoms with Gasteiger partial charge in [-0.2, -0.15) is 0 Å². The van der Waals surface area contributed by atoms with Crippen molar-refractivity contribution in [1.29, 1.82) is 0 Å². The Labute approximate surface area is 169 Å². The van der Waals surface area contributed by atoms with E-state index in [0.717, 1.165) is 44.0 Å². The molecule has 1 aliphatic rings. The summed E-state index contributed by atoms with van der Waals surface area (Å²) in [7, 11) is 0. The molecule has 7 nitrogen and oxygen atoms in total. The van der Waals surface area contributed by atoms with Gasteiger partial charge < -0.3 is 15.2 Å². The van der Waals surface area contributed by atoms with Gasteiger partial charge in [0, 0.05) is 32.2 Å². The zero-order chi connectivity index (χ0) is 17.2. The minimum absolute atomic E-state index is 0. The second-order valence-corrected chi connectivity index (χ2v) is 6.25. The molecular weight excluding hydrogens is 429 g/mol. The molecule has 1 fully saturated rings. The lowest BCUT2D eigenvalue weighted by Crippen LogP contribution is -2.45. The molecule has 25 heavy (non-hydrogen) atoms. The zero-order valence-electron chi connectivity index (χ0n) is 15.9. The monoisotopic (exact) mass is 463 g/mol. The predicted octanol–water partition coefficient (Wildman–Crippen LogP) is 2.24. The summed E-state index contributed by atoms with van der Waals surface area (Å²) in [5.41, 5.74) is 0. The number of piperidine rings is 1. The van der Waals surface area contributed by atoms with Crippen LogP contribution in [0.25, 0.3) is 0 Å². The fourth-order valence-electron chi connectivity index (χ4n) is 3.29. The maximum atomic E-state index is 4.64. The van der Waals surface area contributed by atoms with Gasteiger partial charge in [0.1, 0.15) is 12.9 Å². The molecule has 144 valence electrons. The summed E-state index contributed by atoms with van der Waals surface area (Å²) < 4.78 is 2.02. The van der Waals surface area contributed by atoms with Crippen molar-refractivity contribution in [1.82, 2.24) is 30.3 Å². The molecule has 0 spiro atoms. The van der Waals surface area contributed by atoms with Crippen molar-refractivity contribution in [3.63, 3.8) is 0 Å². The first kappa shape index (κ1) is 22.1. The summed E-state index contributed by atoms with van der Waals surface area (Å²) in [6, 6.07) is 0.753. The van der Waals surface area contributed by atoms with Crippen LogP contribution in [0.2, 0.25) is 0 Å². The van der Waals surface area contributed by atoms with Crippen LogP contribution < -0.4 is 10.6 Å². The molecular formula is C17H34IN7. The molecule has 8 heteroatoms. The van der Waals surface area contributed by atoms with Crippen LogP contribution in [0.1, 0.15) is 52.3 Å². The van der Waals surface area contributed by atoms with Crippen molar-refractivity contribution < 1.29 is 0 Å². The number of nitrogens with one attached hydrogen (secondary N) is 2. The van der Waals surface area contributed by atoms with Gasteiger partial charge in [0.15, 0.2) is 11.8 Å². The Kier molecular flexibility index (Phi) is 11.0. The van der Waals surface area contributed by atoms with Crippen molar-refractivity contribution in [2.75, 3.05) is 26.2 Å². The fourth-order valence-corrected chi connectivity index (χ4v) is 3.29. The maximum absolute atomic E-state index is 4.64. The Morgan fingerprint density at radius 2 is 2.12 bits per heavy atom. The van der Waals surface area contributed by atoms with E-state index in [9.17, 15) is 0 Å². The van der Waals surface area contributed by atoms with Crippen molar-refractivity contribution in [3.05, 3.63) is 12.2 Å². The molecule has 2 rings (SSSR count). The van der Waals surface area contributed by atoms with Crippen LogP contribution in [0.3, 0.4) is 0 Å². The Hall–Kier alpha value is -0.900. The highest BCUT2D eigenvalue weighted by molar-refractivity contribution is 14.0. The van der Waals surface area contributed by atoms with Crippen LogP contribution in [0.15, 0.2) is 11.3 Å². The summed E-state index contributed by atoms with van der Waals surface area (Å²) in [6.07, 6.45) is 7.06. The number of aromatic nitrogens is 3. The summed E-state index contributed by atoms with van der Waals surface area (Å²) in [5.74, 6) is 1.75. The number of nitrogens with zero attached hydrogens (tertiary/aromatic N) is 5. The highest BCUT2D eigenvalue weighted by Gasteiger charge is 2.19. The first-order chi connectivity index (χ1) is 11.8. The predicted molar refractivity (Wildman–Crippen MR) is 113 cm³/mol. The fraction of sp³-hybridized carbons (Fsp3) is 0.824. The molecule has 0 radical (unpaired) electrons. The van der Waals surface area contributed by atoms with Crippen LogP contribution in [0.4, 0.5) is 0 Å². The van der Waals surface area contributed by atoms with Crippen molar-refractivity contribution in [2.45, 2.75) is 65.6 Å². The number of hydrogen-bond donors (Lipinski definition) is 2. The van der Waals surface area contributed by atoms with Gasteiger partial charge in [-0.15, -0.1) is 34.2 Å². The third-order valence-electron chi connectivity index (χ3n) is 4.67. The molecule has 0 amide bonds. The second kappa shape index (κ2) is 12.5. The quantitative estimate of drug-likeness (QED) is 0.352. The number of hydrogen-bond acceptors (Lipinski definition) is 4. The molecule has 0 aromatic carbocycles. The van der Waals surface area contributed by atoms with Gasteiger partial charge in [-0.05, 0) is 39.7 Å². The highest BCUT2D eigenvalue weighted by Crippen LogP contribution is 2.18. The summed E-state index contributed by atoms with van der Waals surface area (Å²) >= 11 is 0. The zero-order valence-corrected chi connectivity index (χ0v) is 18.2. The Morgan fingerprint density at radius 1 is 1.28 bits per heavy atom. The lowest BCUT2D eigenvalue weighted by atomic mass is 10.0. The van der Waals surface area contributed by atoms with Gasteiger partial charge in [0.2, 0.25) is 0 Å². The molecule has 1 saturated heterocycles. The minimum Gasteiger partial charge on any atom is -0.357 e. The summed E-state index contributed by atoms with van der Waals surface area (Å²) in [4.78, 5) is 7.26. The van der Waals surface area contributed by atoms with Crippen LogP contribution in [-0.4, -0.2) is 57.8 Å². The first-order valence-electron chi connectivity index (χ1n) is 9.41. The minimum atomic E-state index is 0. The van der Waals surface area contributed by atoms with E-state index in [4.69, 9.17) is 0 Å². The van der Waals surface area contributed by atoms with Crippen molar-refractivity contribution >= 4 is 29.9 Å². The van der Waals surface area contributed by atoms with E-state index in [-0.39, 0.29) is 24.0 Å². The van der Waals surface area contributed by atoms with Crippen LogP contribution >= 0.6 is 24.0 Å². The van der Waals surface area contributed by atoms with Crippen molar-refractivity contribution in [2.24, 2.45) is 4.99 Å². The van der Waals surface area contributed by atoms with Crippen LogP contribution in [0, 0.1) is 0 Å². The molecule has 1 unspecified atom stereocenters. The molecule has 2 heterocycles. The average Bonchev–Trinajstić information content (AvgIpc) is 3.07. The van der Waals surface area contributed by atoms with E-state index in [0.29, 0.717) is 6.54 Å².